The fourth-order valence-corrected chi connectivity index (χ4v) is 4.65. The van der Waals surface area contributed by atoms with Crippen LogP contribution in [0, 0.1) is 0 Å². The van der Waals surface area contributed by atoms with Gasteiger partial charge in [-0.3, -0.25) is 0 Å². The molecule has 0 spiro atoms. The van der Waals surface area contributed by atoms with Crippen LogP contribution in [0.15, 0.2) is 22.5 Å². The maximum absolute atomic E-state index is 6.17. The van der Waals surface area contributed by atoms with E-state index < -0.39 is 0 Å². The number of aromatic nitrogens is 2. The lowest BCUT2D eigenvalue weighted by molar-refractivity contribution is 0.120. The zero-order chi connectivity index (χ0) is 15.4. The summed E-state index contributed by atoms with van der Waals surface area (Å²) in [4.78, 5) is 0. The Balaban J connectivity index is 1.53. The molecular formula is C14H15Cl2N3OS2. The van der Waals surface area contributed by atoms with Crippen LogP contribution in [0.3, 0.4) is 0 Å². The van der Waals surface area contributed by atoms with Crippen LogP contribution < -0.4 is 5.32 Å². The van der Waals surface area contributed by atoms with Gasteiger partial charge in [-0.25, -0.2) is 0 Å². The summed E-state index contributed by atoms with van der Waals surface area (Å²) in [6.07, 6.45) is 2.54. The van der Waals surface area contributed by atoms with Gasteiger partial charge in [0.1, 0.15) is 0 Å². The lowest BCUT2D eigenvalue weighted by Gasteiger charge is -2.08. The highest BCUT2D eigenvalue weighted by Crippen LogP contribution is 2.33. The van der Waals surface area contributed by atoms with Gasteiger partial charge in [-0.05, 0) is 30.5 Å². The van der Waals surface area contributed by atoms with Crippen molar-refractivity contribution in [2.24, 2.45) is 0 Å². The monoisotopic (exact) mass is 375 g/mol. The molecule has 1 N–H and O–H groups in total. The molecule has 1 unspecified atom stereocenters. The zero-order valence-electron chi connectivity index (χ0n) is 11.7. The number of rotatable bonds is 6. The molecule has 3 rings (SSSR count). The number of benzene rings is 1. The van der Waals surface area contributed by atoms with Gasteiger partial charge < -0.3 is 10.1 Å². The predicted molar refractivity (Wildman–Crippen MR) is 93.4 cm³/mol. The van der Waals surface area contributed by atoms with Crippen molar-refractivity contribution in [2.75, 3.05) is 18.5 Å². The second-order valence-electron chi connectivity index (χ2n) is 4.88. The Kier molecular flexibility index (Phi) is 5.82. The molecule has 1 aromatic carbocycles. The quantitative estimate of drug-likeness (QED) is 0.739. The van der Waals surface area contributed by atoms with Crippen molar-refractivity contribution in [3.05, 3.63) is 33.8 Å². The molecule has 1 aliphatic rings. The molecule has 4 nitrogen and oxygen atoms in total. The van der Waals surface area contributed by atoms with Gasteiger partial charge in [-0.15, -0.1) is 10.2 Å². The molecule has 118 valence electrons. The van der Waals surface area contributed by atoms with Crippen molar-refractivity contribution in [1.82, 2.24) is 10.2 Å². The lowest BCUT2D eigenvalue weighted by Crippen LogP contribution is -2.18. The number of nitrogens with zero attached hydrogens (tertiary/aromatic N) is 2. The lowest BCUT2D eigenvalue weighted by atomic mass is 10.2. The Morgan fingerprint density at radius 2 is 2.14 bits per heavy atom. The number of hydrogen-bond donors (Lipinski definition) is 1. The van der Waals surface area contributed by atoms with Crippen molar-refractivity contribution in [3.8, 4) is 0 Å². The first kappa shape index (κ1) is 16.3. The summed E-state index contributed by atoms with van der Waals surface area (Å²) in [6, 6.07) is 5.53. The Labute approximate surface area is 147 Å². The number of thioether (sulfide) groups is 1. The molecule has 1 aromatic heterocycles. The minimum absolute atomic E-state index is 0.293. The fourth-order valence-electron chi connectivity index (χ4n) is 2.15. The van der Waals surface area contributed by atoms with E-state index in [0.29, 0.717) is 21.9 Å². The molecule has 2 aromatic rings. The van der Waals surface area contributed by atoms with E-state index >= 15 is 0 Å². The first-order valence-electron chi connectivity index (χ1n) is 6.97. The van der Waals surface area contributed by atoms with Crippen LogP contribution in [0.2, 0.25) is 10.0 Å². The third kappa shape index (κ3) is 4.26. The Hall–Kier alpha value is -0.530. The molecule has 0 radical (unpaired) electrons. The third-order valence-electron chi connectivity index (χ3n) is 3.31. The molecule has 0 amide bonds. The first-order valence-corrected chi connectivity index (χ1v) is 9.53. The van der Waals surface area contributed by atoms with E-state index in [4.69, 9.17) is 27.9 Å². The summed E-state index contributed by atoms with van der Waals surface area (Å²) in [5.41, 5.74) is 0.930. The average molecular weight is 376 g/mol. The SMILES string of the molecule is Clc1cccc(Cl)c1CSc1nnc(NCC2CCCO2)s1. The molecule has 0 aliphatic carbocycles. The standard InChI is InChI=1S/C14H15Cl2N3OS2/c15-11-4-1-5-12(16)10(11)8-21-14-19-18-13(22-14)17-7-9-3-2-6-20-9/h1,4-5,9H,2-3,6-8H2,(H,17,18). The van der Waals surface area contributed by atoms with Crippen LogP contribution in [0.25, 0.3) is 0 Å². The summed E-state index contributed by atoms with van der Waals surface area (Å²) in [5, 5.41) is 13.8. The van der Waals surface area contributed by atoms with E-state index in [9.17, 15) is 0 Å². The number of ether oxygens (including phenoxy) is 1. The van der Waals surface area contributed by atoms with Crippen molar-refractivity contribution in [2.45, 2.75) is 29.0 Å². The van der Waals surface area contributed by atoms with E-state index in [0.717, 1.165) is 41.0 Å². The number of anilines is 1. The van der Waals surface area contributed by atoms with Crippen molar-refractivity contribution in [3.63, 3.8) is 0 Å². The van der Waals surface area contributed by atoms with Crippen molar-refractivity contribution in [1.29, 1.82) is 0 Å². The minimum Gasteiger partial charge on any atom is -0.376 e. The summed E-state index contributed by atoms with van der Waals surface area (Å²) < 4.78 is 6.47. The highest BCUT2D eigenvalue weighted by molar-refractivity contribution is 8.00. The molecule has 0 saturated carbocycles. The van der Waals surface area contributed by atoms with Crippen molar-refractivity contribution >= 4 is 51.4 Å². The first-order chi connectivity index (χ1) is 10.7. The summed E-state index contributed by atoms with van der Waals surface area (Å²) in [7, 11) is 0. The second kappa shape index (κ2) is 7.84. The van der Waals surface area contributed by atoms with Crippen molar-refractivity contribution < 1.29 is 4.74 Å². The molecule has 8 heteroatoms. The molecule has 2 heterocycles. The normalized spacial score (nSPS) is 17.8. The molecule has 1 atom stereocenters. The fraction of sp³-hybridized carbons (Fsp3) is 0.429. The number of nitrogens with one attached hydrogen (secondary N) is 1. The average Bonchev–Trinajstić information content (AvgIpc) is 3.16. The van der Waals surface area contributed by atoms with Crippen LogP contribution in [-0.2, 0) is 10.5 Å². The number of halogens is 2. The maximum Gasteiger partial charge on any atom is 0.206 e. The maximum atomic E-state index is 6.17. The molecule has 1 saturated heterocycles. The summed E-state index contributed by atoms with van der Waals surface area (Å²) in [6.45, 7) is 1.65. The molecule has 22 heavy (non-hydrogen) atoms. The van der Waals surface area contributed by atoms with Gasteiger partial charge in [0.15, 0.2) is 4.34 Å². The van der Waals surface area contributed by atoms with Gasteiger partial charge in [-0.2, -0.15) is 0 Å². The minimum atomic E-state index is 0.293. The van der Waals surface area contributed by atoms with Crippen LogP contribution in [0.4, 0.5) is 5.13 Å². The topological polar surface area (TPSA) is 47.0 Å². The molecule has 1 fully saturated rings. The van der Waals surface area contributed by atoms with E-state index in [1.54, 1.807) is 11.8 Å². The highest BCUT2D eigenvalue weighted by Gasteiger charge is 2.16. The van der Waals surface area contributed by atoms with Crippen LogP contribution in [0.5, 0.6) is 0 Å². The Morgan fingerprint density at radius 3 is 2.86 bits per heavy atom. The van der Waals surface area contributed by atoms with Gasteiger partial charge in [0, 0.05) is 28.9 Å². The van der Waals surface area contributed by atoms with E-state index in [-0.39, 0.29) is 0 Å². The number of hydrogen-bond acceptors (Lipinski definition) is 6. The molecule has 1 aliphatic heterocycles. The summed E-state index contributed by atoms with van der Waals surface area (Å²) >= 11 is 15.5. The van der Waals surface area contributed by atoms with E-state index in [1.165, 1.54) is 11.3 Å². The van der Waals surface area contributed by atoms with Gasteiger partial charge in [0.05, 0.1) is 6.10 Å². The summed E-state index contributed by atoms with van der Waals surface area (Å²) in [5.74, 6) is 0.679. The van der Waals surface area contributed by atoms with E-state index in [1.807, 2.05) is 18.2 Å². The molecule has 0 bridgehead atoms. The van der Waals surface area contributed by atoms with Gasteiger partial charge >= 0.3 is 0 Å². The smallest absolute Gasteiger partial charge is 0.206 e. The largest absolute Gasteiger partial charge is 0.376 e. The van der Waals surface area contributed by atoms with Crippen LogP contribution >= 0.6 is 46.3 Å². The van der Waals surface area contributed by atoms with Crippen LogP contribution in [0.1, 0.15) is 18.4 Å². The third-order valence-corrected chi connectivity index (χ3v) is 6.06. The van der Waals surface area contributed by atoms with Crippen LogP contribution in [-0.4, -0.2) is 29.5 Å². The second-order valence-corrected chi connectivity index (χ2v) is 7.89. The van der Waals surface area contributed by atoms with Gasteiger partial charge in [0.25, 0.3) is 0 Å². The zero-order valence-corrected chi connectivity index (χ0v) is 14.9. The Bertz CT molecular complexity index is 612. The van der Waals surface area contributed by atoms with E-state index in [2.05, 4.69) is 15.5 Å². The Morgan fingerprint density at radius 1 is 1.32 bits per heavy atom. The molecular weight excluding hydrogens is 361 g/mol. The highest BCUT2D eigenvalue weighted by atomic mass is 35.5. The van der Waals surface area contributed by atoms with Gasteiger partial charge in [-0.1, -0.05) is 52.4 Å². The van der Waals surface area contributed by atoms with Gasteiger partial charge in [0.2, 0.25) is 5.13 Å². The predicted octanol–water partition coefficient (Wildman–Crippen LogP) is 4.73.